The van der Waals surface area contributed by atoms with Crippen molar-refractivity contribution in [1.82, 2.24) is 4.57 Å². The lowest BCUT2D eigenvalue weighted by atomic mass is 10.1. The van der Waals surface area contributed by atoms with Crippen LogP contribution in [0.2, 0.25) is 0 Å². The first-order valence-electron chi connectivity index (χ1n) is 5.37. The standard InChI is InChI=1S/C14H15NO2/c1-9-4-5-10(2)15(9)14-7-6-12(17)8-13(14)11(3)16/h4-8,16-17H,3H2,1-2H3. The van der Waals surface area contributed by atoms with Gasteiger partial charge < -0.3 is 14.8 Å². The Morgan fingerprint density at radius 1 is 1.12 bits per heavy atom. The van der Waals surface area contributed by atoms with Gasteiger partial charge >= 0.3 is 0 Å². The van der Waals surface area contributed by atoms with Gasteiger partial charge in [0.1, 0.15) is 11.5 Å². The SMILES string of the molecule is C=C(O)c1cc(O)ccc1-n1c(C)ccc1C. The fourth-order valence-electron chi connectivity index (χ4n) is 2.00. The molecule has 0 spiro atoms. The second kappa shape index (κ2) is 4.01. The number of benzene rings is 1. The van der Waals surface area contributed by atoms with E-state index in [4.69, 9.17) is 0 Å². The Bertz CT molecular complexity index is 562. The Balaban J connectivity index is 2.71. The number of aliphatic hydroxyl groups excluding tert-OH is 1. The van der Waals surface area contributed by atoms with Crippen molar-refractivity contribution in [2.45, 2.75) is 13.8 Å². The number of aromatic hydroxyl groups is 1. The van der Waals surface area contributed by atoms with Crippen molar-refractivity contribution >= 4 is 5.76 Å². The zero-order valence-electron chi connectivity index (χ0n) is 9.94. The van der Waals surface area contributed by atoms with E-state index in [1.807, 2.05) is 30.5 Å². The summed E-state index contributed by atoms with van der Waals surface area (Å²) in [7, 11) is 0. The first kappa shape index (κ1) is 11.3. The molecule has 0 saturated carbocycles. The smallest absolute Gasteiger partial charge is 0.117 e. The molecule has 0 amide bonds. The van der Waals surface area contributed by atoms with Gasteiger partial charge in [-0.15, -0.1) is 0 Å². The summed E-state index contributed by atoms with van der Waals surface area (Å²) in [5, 5.41) is 19.1. The Morgan fingerprint density at radius 2 is 1.71 bits per heavy atom. The van der Waals surface area contributed by atoms with Crippen LogP contribution in [0.3, 0.4) is 0 Å². The lowest BCUT2D eigenvalue weighted by molar-refractivity contribution is 0.472. The summed E-state index contributed by atoms with van der Waals surface area (Å²) >= 11 is 0. The molecule has 1 heterocycles. The van der Waals surface area contributed by atoms with Gasteiger partial charge in [-0.1, -0.05) is 6.58 Å². The van der Waals surface area contributed by atoms with Crippen LogP contribution in [-0.4, -0.2) is 14.8 Å². The fraction of sp³-hybridized carbons (Fsp3) is 0.143. The number of phenolic OH excluding ortho intramolecular Hbond substituents is 1. The highest BCUT2D eigenvalue weighted by Gasteiger charge is 2.11. The quantitative estimate of drug-likeness (QED) is 0.776. The van der Waals surface area contributed by atoms with Gasteiger partial charge in [0.05, 0.1) is 5.69 Å². The zero-order valence-corrected chi connectivity index (χ0v) is 9.94. The van der Waals surface area contributed by atoms with E-state index in [-0.39, 0.29) is 11.5 Å². The fourth-order valence-corrected chi connectivity index (χ4v) is 2.00. The minimum absolute atomic E-state index is 0.0524. The van der Waals surface area contributed by atoms with Gasteiger partial charge in [-0.3, -0.25) is 0 Å². The second-order valence-corrected chi connectivity index (χ2v) is 4.10. The molecule has 0 unspecified atom stereocenters. The van der Waals surface area contributed by atoms with Gasteiger partial charge in [0, 0.05) is 17.0 Å². The van der Waals surface area contributed by atoms with E-state index in [2.05, 4.69) is 6.58 Å². The molecule has 3 heteroatoms. The molecule has 0 aliphatic rings. The van der Waals surface area contributed by atoms with E-state index >= 15 is 0 Å². The van der Waals surface area contributed by atoms with Crippen LogP contribution in [0, 0.1) is 13.8 Å². The van der Waals surface area contributed by atoms with E-state index in [1.165, 1.54) is 6.07 Å². The van der Waals surface area contributed by atoms with E-state index in [1.54, 1.807) is 12.1 Å². The van der Waals surface area contributed by atoms with Gasteiger partial charge in [-0.25, -0.2) is 0 Å². The summed E-state index contributed by atoms with van der Waals surface area (Å²) < 4.78 is 2.01. The lowest BCUT2D eigenvalue weighted by Crippen LogP contribution is -2.02. The molecule has 1 aromatic heterocycles. The number of hydrogen-bond acceptors (Lipinski definition) is 2. The van der Waals surface area contributed by atoms with Gasteiger partial charge in [-0.2, -0.15) is 0 Å². The van der Waals surface area contributed by atoms with Crippen LogP contribution in [0.1, 0.15) is 17.0 Å². The molecule has 2 rings (SSSR count). The van der Waals surface area contributed by atoms with E-state index < -0.39 is 0 Å². The summed E-state index contributed by atoms with van der Waals surface area (Å²) in [5.74, 6) is 0.0600. The molecular weight excluding hydrogens is 214 g/mol. The molecule has 88 valence electrons. The summed E-state index contributed by atoms with van der Waals surface area (Å²) in [6, 6.07) is 8.89. The van der Waals surface area contributed by atoms with E-state index in [0.29, 0.717) is 5.56 Å². The van der Waals surface area contributed by atoms with Crippen molar-refractivity contribution in [3.63, 3.8) is 0 Å². The van der Waals surface area contributed by atoms with Gasteiger partial charge in [0.2, 0.25) is 0 Å². The molecular formula is C14H15NO2. The van der Waals surface area contributed by atoms with E-state index in [9.17, 15) is 10.2 Å². The van der Waals surface area contributed by atoms with Crippen LogP contribution < -0.4 is 0 Å². The van der Waals surface area contributed by atoms with Crippen molar-refractivity contribution in [2.24, 2.45) is 0 Å². The van der Waals surface area contributed by atoms with E-state index in [0.717, 1.165) is 17.1 Å². The summed E-state index contributed by atoms with van der Waals surface area (Å²) in [4.78, 5) is 0. The van der Waals surface area contributed by atoms with Crippen molar-refractivity contribution in [1.29, 1.82) is 0 Å². The normalized spacial score (nSPS) is 10.5. The molecule has 0 radical (unpaired) electrons. The highest BCUT2D eigenvalue weighted by Crippen LogP contribution is 2.27. The zero-order chi connectivity index (χ0) is 12.6. The monoisotopic (exact) mass is 229 g/mol. The lowest BCUT2D eigenvalue weighted by Gasteiger charge is -2.14. The van der Waals surface area contributed by atoms with Crippen molar-refractivity contribution in [3.8, 4) is 11.4 Å². The van der Waals surface area contributed by atoms with Crippen LogP contribution in [0.5, 0.6) is 5.75 Å². The van der Waals surface area contributed by atoms with Gasteiger partial charge in [0.25, 0.3) is 0 Å². The molecule has 0 aliphatic carbocycles. The predicted molar refractivity (Wildman–Crippen MR) is 68.6 cm³/mol. The molecule has 17 heavy (non-hydrogen) atoms. The third-order valence-corrected chi connectivity index (χ3v) is 2.80. The molecule has 0 aliphatic heterocycles. The molecule has 2 N–H and O–H groups in total. The number of nitrogens with zero attached hydrogens (tertiary/aromatic N) is 1. The Hall–Kier alpha value is -2.16. The molecule has 0 atom stereocenters. The number of phenols is 1. The van der Waals surface area contributed by atoms with Crippen LogP contribution in [0.15, 0.2) is 36.9 Å². The van der Waals surface area contributed by atoms with Crippen LogP contribution in [-0.2, 0) is 0 Å². The minimum Gasteiger partial charge on any atom is -0.508 e. The molecule has 0 bridgehead atoms. The number of hydrogen-bond donors (Lipinski definition) is 2. The molecule has 1 aromatic carbocycles. The molecule has 2 aromatic rings. The second-order valence-electron chi connectivity index (χ2n) is 4.10. The van der Waals surface area contributed by atoms with Gasteiger partial charge in [-0.05, 0) is 44.2 Å². The Labute approximate surface area is 100 Å². The molecule has 0 saturated heterocycles. The number of aromatic nitrogens is 1. The van der Waals surface area contributed by atoms with Crippen molar-refractivity contribution < 1.29 is 10.2 Å². The van der Waals surface area contributed by atoms with Crippen LogP contribution in [0.25, 0.3) is 11.4 Å². The predicted octanol–water partition coefficient (Wildman–Crippen LogP) is 3.33. The van der Waals surface area contributed by atoms with Crippen molar-refractivity contribution in [3.05, 3.63) is 53.9 Å². The highest BCUT2D eigenvalue weighted by molar-refractivity contribution is 5.67. The maximum Gasteiger partial charge on any atom is 0.117 e. The summed E-state index contributed by atoms with van der Waals surface area (Å²) in [5.41, 5.74) is 3.48. The third-order valence-electron chi connectivity index (χ3n) is 2.80. The first-order valence-corrected chi connectivity index (χ1v) is 5.37. The number of aliphatic hydroxyl groups is 1. The average Bonchev–Trinajstić information content (AvgIpc) is 2.59. The first-order chi connectivity index (χ1) is 8.00. The highest BCUT2D eigenvalue weighted by atomic mass is 16.3. The minimum atomic E-state index is -0.0524. The molecule has 3 nitrogen and oxygen atoms in total. The maximum atomic E-state index is 9.59. The Kier molecular flexibility index (Phi) is 2.68. The third kappa shape index (κ3) is 1.91. The van der Waals surface area contributed by atoms with Crippen LogP contribution >= 0.6 is 0 Å². The average molecular weight is 229 g/mol. The molecule has 0 fully saturated rings. The summed E-state index contributed by atoms with van der Waals surface area (Å²) in [6.45, 7) is 7.51. The maximum absolute atomic E-state index is 9.59. The Morgan fingerprint density at radius 3 is 2.24 bits per heavy atom. The topological polar surface area (TPSA) is 45.4 Å². The van der Waals surface area contributed by atoms with Crippen LogP contribution in [0.4, 0.5) is 0 Å². The number of aryl methyl sites for hydroxylation is 2. The largest absolute Gasteiger partial charge is 0.508 e. The van der Waals surface area contributed by atoms with Gasteiger partial charge in [0.15, 0.2) is 0 Å². The number of rotatable bonds is 2. The summed E-state index contributed by atoms with van der Waals surface area (Å²) in [6.07, 6.45) is 0. The van der Waals surface area contributed by atoms with Crippen molar-refractivity contribution in [2.75, 3.05) is 0 Å².